The summed E-state index contributed by atoms with van der Waals surface area (Å²) in [5.74, 6) is -0.820. The predicted octanol–water partition coefficient (Wildman–Crippen LogP) is -0.557. The number of ether oxygens (including phenoxy) is 1. The van der Waals surface area contributed by atoms with Crippen LogP contribution in [-0.2, 0) is 17.9 Å². The summed E-state index contributed by atoms with van der Waals surface area (Å²) >= 11 is 0. The molecular weight excluding hydrogens is 321 g/mol. The zero-order valence-electron chi connectivity index (χ0n) is 13.2. The Hall–Kier alpha value is -2.44. The highest BCUT2D eigenvalue weighted by atomic mass is 35.5. The van der Waals surface area contributed by atoms with Crippen LogP contribution in [-0.4, -0.2) is 11.9 Å². The summed E-state index contributed by atoms with van der Waals surface area (Å²) in [6.07, 6.45) is -0.872. The summed E-state index contributed by atoms with van der Waals surface area (Å²) in [4.78, 5) is 15.1. The number of benzene rings is 2. The van der Waals surface area contributed by atoms with Crippen molar-refractivity contribution in [2.45, 2.75) is 13.2 Å². The fourth-order valence-electron chi connectivity index (χ4n) is 1.80. The summed E-state index contributed by atoms with van der Waals surface area (Å²) in [5.41, 5.74) is 12.5. The molecule has 0 unspecified atom stereocenters. The van der Waals surface area contributed by atoms with Gasteiger partial charge in [0.15, 0.2) is 0 Å². The zero-order chi connectivity index (χ0) is 15.9. The van der Waals surface area contributed by atoms with Crippen molar-refractivity contribution in [3.8, 4) is 0 Å². The lowest BCUT2D eigenvalue weighted by Crippen LogP contribution is -3.00. The highest BCUT2D eigenvalue weighted by molar-refractivity contribution is 6.02. The highest BCUT2D eigenvalue weighted by Crippen LogP contribution is 2.10. The van der Waals surface area contributed by atoms with Crippen molar-refractivity contribution < 1.29 is 27.8 Å². The number of amides is 1. The number of carbonyl (C=O) groups excluding carboxylic acids is 1. The van der Waals surface area contributed by atoms with Crippen LogP contribution in [0.4, 0.5) is 9.18 Å². The molecule has 0 aliphatic carbocycles. The molecule has 2 aromatic carbocycles. The Kier molecular flexibility index (Phi) is 7.18. The van der Waals surface area contributed by atoms with Crippen molar-refractivity contribution in [1.82, 2.24) is 0 Å². The van der Waals surface area contributed by atoms with Crippen molar-refractivity contribution in [1.29, 1.82) is 0 Å². The second-order valence-electron chi connectivity index (χ2n) is 4.56. The quantitative estimate of drug-likeness (QED) is 0.578. The Balaban J connectivity index is 0.00000264. The Morgan fingerprint density at radius 1 is 1.17 bits per heavy atom. The molecule has 1 amide bonds. The molecule has 0 radical (unpaired) electrons. The number of aliphatic imine (C=N–C) groups is 1. The monoisotopic (exact) mass is 337 g/mol. The molecule has 0 saturated carbocycles. The van der Waals surface area contributed by atoms with E-state index >= 15 is 0 Å². The SMILES string of the molecule is NCc1ccc(C(N)=NC(=O)OCc2ccccc2)c(F)c1.[Cl-].[H+]. The van der Waals surface area contributed by atoms with Gasteiger partial charge in [0, 0.05) is 6.54 Å². The molecule has 5 nitrogen and oxygen atoms in total. The lowest BCUT2D eigenvalue weighted by molar-refractivity contribution is -0.0000110. The maximum Gasteiger partial charge on any atom is 1.00 e. The van der Waals surface area contributed by atoms with E-state index in [0.717, 1.165) is 5.56 Å². The van der Waals surface area contributed by atoms with Crippen molar-refractivity contribution in [3.05, 3.63) is 71.0 Å². The number of nitrogens with zero attached hydrogens (tertiary/aromatic N) is 1. The van der Waals surface area contributed by atoms with Gasteiger partial charge in [-0.3, -0.25) is 0 Å². The molecule has 0 fully saturated rings. The molecule has 0 saturated heterocycles. The topological polar surface area (TPSA) is 90.7 Å². The first-order valence-corrected chi connectivity index (χ1v) is 6.64. The van der Waals surface area contributed by atoms with Gasteiger partial charge in [-0.1, -0.05) is 36.4 Å². The third-order valence-electron chi connectivity index (χ3n) is 2.96. The summed E-state index contributed by atoms with van der Waals surface area (Å²) in [5, 5.41) is 0. The Bertz CT molecular complexity index is 699. The van der Waals surface area contributed by atoms with Crippen LogP contribution in [0.5, 0.6) is 0 Å². The van der Waals surface area contributed by atoms with E-state index < -0.39 is 11.9 Å². The van der Waals surface area contributed by atoms with Crippen LogP contribution in [0.3, 0.4) is 0 Å². The van der Waals surface area contributed by atoms with E-state index in [1.807, 2.05) is 30.3 Å². The van der Waals surface area contributed by atoms with E-state index in [1.54, 1.807) is 6.07 Å². The smallest absolute Gasteiger partial charge is 1.00 e. The van der Waals surface area contributed by atoms with E-state index in [9.17, 15) is 9.18 Å². The average molecular weight is 338 g/mol. The molecule has 0 spiro atoms. The van der Waals surface area contributed by atoms with Crippen LogP contribution >= 0.6 is 0 Å². The summed E-state index contributed by atoms with van der Waals surface area (Å²) < 4.78 is 18.8. The number of rotatable bonds is 4. The second-order valence-corrected chi connectivity index (χ2v) is 4.56. The van der Waals surface area contributed by atoms with Gasteiger partial charge in [-0.15, -0.1) is 0 Å². The Labute approximate surface area is 141 Å². The average Bonchev–Trinajstić information content (AvgIpc) is 2.53. The molecule has 0 aliphatic heterocycles. The number of hydrogen-bond donors (Lipinski definition) is 2. The minimum absolute atomic E-state index is 0. The number of nitrogens with two attached hydrogens (primary N) is 2. The van der Waals surface area contributed by atoms with Gasteiger partial charge in [-0.2, -0.15) is 4.99 Å². The number of hydrogen-bond acceptors (Lipinski definition) is 3. The molecule has 7 heteroatoms. The number of carbonyl (C=O) groups is 1. The van der Waals surface area contributed by atoms with Crippen molar-refractivity contribution in [2.75, 3.05) is 0 Å². The van der Waals surface area contributed by atoms with Gasteiger partial charge in [0.1, 0.15) is 18.3 Å². The summed E-state index contributed by atoms with van der Waals surface area (Å²) in [7, 11) is 0. The van der Waals surface area contributed by atoms with E-state index in [1.165, 1.54) is 12.1 Å². The predicted molar refractivity (Wildman–Crippen MR) is 82.8 cm³/mol. The van der Waals surface area contributed by atoms with E-state index in [2.05, 4.69) is 4.99 Å². The van der Waals surface area contributed by atoms with Gasteiger partial charge in [0.25, 0.3) is 0 Å². The van der Waals surface area contributed by atoms with Crippen LogP contribution in [0.25, 0.3) is 0 Å². The van der Waals surface area contributed by atoms with Crippen LogP contribution in [0.1, 0.15) is 18.1 Å². The van der Waals surface area contributed by atoms with Gasteiger partial charge in [0.05, 0.1) is 5.56 Å². The second kappa shape index (κ2) is 8.87. The van der Waals surface area contributed by atoms with Crippen LogP contribution in [0.15, 0.2) is 53.5 Å². The minimum Gasteiger partial charge on any atom is -1.00 e. The minimum atomic E-state index is -0.872. The van der Waals surface area contributed by atoms with Crippen LogP contribution < -0.4 is 23.9 Å². The van der Waals surface area contributed by atoms with Gasteiger partial charge in [-0.25, -0.2) is 9.18 Å². The molecule has 4 N–H and O–H groups in total. The first kappa shape index (κ1) is 18.6. The maximum absolute atomic E-state index is 13.8. The van der Waals surface area contributed by atoms with Crippen molar-refractivity contribution >= 4 is 11.9 Å². The molecule has 0 aromatic heterocycles. The lowest BCUT2D eigenvalue weighted by atomic mass is 10.1. The third kappa shape index (κ3) is 5.36. The summed E-state index contributed by atoms with van der Waals surface area (Å²) in [6, 6.07) is 13.4. The molecule has 122 valence electrons. The molecule has 23 heavy (non-hydrogen) atoms. The molecule has 0 bridgehead atoms. The molecule has 2 aromatic rings. The van der Waals surface area contributed by atoms with Gasteiger partial charge in [-0.05, 0) is 23.3 Å². The fraction of sp³-hybridized carbons (Fsp3) is 0.125. The van der Waals surface area contributed by atoms with Crippen LogP contribution in [0, 0.1) is 5.82 Å². The zero-order valence-corrected chi connectivity index (χ0v) is 13.0. The normalized spacial score (nSPS) is 10.8. The molecule has 0 heterocycles. The van der Waals surface area contributed by atoms with Gasteiger partial charge in [0.2, 0.25) is 0 Å². The first-order valence-electron chi connectivity index (χ1n) is 6.64. The molecular formula is C16H17ClFN3O2. The van der Waals surface area contributed by atoms with Gasteiger partial charge >= 0.3 is 7.52 Å². The van der Waals surface area contributed by atoms with Crippen molar-refractivity contribution in [3.63, 3.8) is 0 Å². The number of amidine groups is 1. The molecule has 2 rings (SSSR count). The van der Waals surface area contributed by atoms with Crippen LogP contribution in [0.2, 0.25) is 0 Å². The standard InChI is InChI=1S/C16H16FN3O2.ClH/c17-14-8-12(9-18)6-7-13(14)15(19)20-16(21)22-10-11-4-2-1-3-5-11;/h1-8H,9-10,18H2,(H2,19,20,21);1H. The first-order chi connectivity index (χ1) is 10.6. The summed E-state index contributed by atoms with van der Waals surface area (Å²) in [6.45, 7) is 0.290. The van der Waals surface area contributed by atoms with Crippen molar-refractivity contribution in [2.24, 2.45) is 16.5 Å². The third-order valence-corrected chi connectivity index (χ3v) is 2.96. The fourth-order valence-corrected chi connectivity index (χ4v) is 1.80. The Morgan fingerprint density at radius 2 is 1.87 bits per heavy atom. The van der Waals surface area contributed by atoms with E-state index in [4.69, 9.17) is 16.2 Å². The maximum atomic E-state index is 13.8. The molecule has 0 atom stereocenters. The Morgan fingerprint density at radius 3 is 2.48 bits per heavy atom. The van der Waals surface area contributed by atoms with E-state index in [-0.39, 0.29) is 38.4 Å². The largest absolute Gasteiger partial charge is 1.00 e. The number of halogens is 2. The highest BCUT2D eigenvalue weighted by Gasteiger charge is 2.10. The molecule has 0 aliphatic rings. The van der Waals surface area contributed by atoms with E-state index in [0.29, 0.717) is 5.56 Å². The van der Waals surface area contributed by atoms with Gasteiger partial charge < -0.3 is 28.6 Å². The lowest BCUT2D eigenvalue weighted by Gasteiger charge is -2.05.